The molecule has 1 fully saturated rings. The lowest BCUT2D eigenvalue weighted by molar-refractivity contribution is -0.132. The van der Waals surface area contributed by atoms with Gasteiger partial charge in [-0.05, 0) is 50.3 Å². The fourth-order valence-corrected chi connectivity index (χ4v) is 4.19. The van der Waals surface area contributed by atoms with Crippen LogP contribution < -0.4 is 4.74 Å². The minimum atomic E-state index is 0.258. The molecule has 0 unspecified atom stereocenters. The topological polar surface area (TPSA) is 60.2 Å². The van der Waals surface area contributed by atoms with E-state index in [4.69, 9.17) is 4.74 Å². The Morgan fingerprint density at radius 2 is 1.93 bits per heavy atom. The highest BCUT2D eigenvalue weighted by atomic mass is 16.5. The van der Waals surface area contributed by atoms with Crippen LogP contribution in [0.15, 0.2) is 24.3 Å². The predicted molar refractivity (Wildman–Crippen MR) is 103 cm³/mol. The molecule has 6 heteroatoms. The number of nitrogens with zero attached hydrogens (tertiary/aromatic N) is 4. The SMILES string of the molecule is CCOc1ccc(CCC(=O)N2CCC(c3nnc4n3CCC4)CC2)cc1. The number of aryl methyl sites for hydroxylation is 2. The van der Waals surface area contributed by atoms with Crippen LogP contribution in [0.1, 0.15) is 55.7 Å². The molecule has 4 rings (SSSR count). The lowest BCUT2D eigenvalue weighted by Gasteiger charge is -2.31. The molecule has 0 aliphatic carbocycles. The van der Waals surface area contributed by atoms with E-state index in [2.05, 4.69) is 26.9 Å². The first kappa shape index (κ1) is 18.0. The molecule has 0 atom stereocenters. The highest BCUT2D eigenvalue weighted by Crippen LogP contribution is 2.29. The Kier molecular flexibility index (Phi) is 5.41. The van der Waals surface area contributed by atoms with E-state index in [1.54, 1.807) is 0 Å². The third kappa shape index (κ3) is 3.99. The number of carbonyl (C=O) groups is 1. The summed E-state index contributed by atoms with van der Waals surface area (Å²) < 4.78 is 7.76. The van der Waals surface area contributed by atoms with Crippen LogP contribution in [0.5, 0.6) is 5.75 Å². The molecule has 2 aliphatic rings. The van der Waals surface area contributed by atoms with Gasteiger partial charge < -0.3 is 14.2 Å². The highest BCUT2D eigenvalue weighted by Gasteiger charge is 2.29. The van der Waals surface area contributed by atoms with Crippen LogP contribution in [-0.2, 0) is 24.2 Å². The van der Waals surface area contributed by atoms with E-state index < -0.39 is 0 Å². The lowest BCUT2D eigenvalue weighted by atomic mass is 9.95. The Balaban J connectivity index is 1.26. The summed E-state index contributed by atoms with van der Waals surface area (Å²) in [6, 6.07) is 8.06. The number of piperidine rings is 1. The first-order valence-corrected chi connectivity index (χ1v) is 10.2. The first-order chi connectivity index (χ1) is 13.2. The van der Waals surface area contributed by atoms with Crippen molar-refractivity contribution in [1.29, 1.82) is 0 Å². The van der Waals surface area contributed by atoms with E-state index in [0.29, 0.717) is 18.9 Å². The van der Waals surface area contributed by atoms with Crippen LogP contribution in [0.2, 0.25) is 0 Å². The van der Waals surface area contributed by atoms with E-state index in [-0.39, 0.29) is 5.91 Å². The maximum Gasteiger partial charge on any atom is 0.222 e. The number of aromatic nitrogens is 3. The molecular formula is C21H28N4O2. The molecule has 6 nitrogen and oxygen atoms in total. The summed E-state index contributed by atoms with van der Waals surface area (Å²) in [5.41, 5.74) is 1.18. The molecule has 1 saturated heterocycles. The summed E-state index contributed by atoms with van der Waals surface area (Å²) in [5, 5.41) is 8.76. The highest BCUT2D eigenvalue weighted by molar-refractivity contribution is 5.76. The monoisotopic (exact) mass is 368 g/mol. The zero-order chi connectivity index (χ0) is 18.6. The standard InChI is InChI=1S/C21H28N4O2/c1-2-27-18-8-5-16(6-9-18)7-10-20(26)24-14-11-17(12-15-24)21-23-22-19-4-3-13-25(19)21/h5-6,8-9,17H,2-4,7,10-15H2,1H3. The number of likely N-dealkylation sites (tertiary alicyclic amines) is 1. The van der Waals surface area contributed by atoms with Gasteiger partial charge in [-0.15, -0.1) is 10.2 Å². The fraction of sp³-hybridized carbons (Fsp3) is 0.571. The zero-order valence-corrected chi connectivity index (χ0v) is 16.1. The van der Waals surface area contributed by atoms with Gasteiger partial charge in [0.15, 0.2) is 0 Å². The molecule has 144 valence electrons. The number of hydrogen-bond donors (Lipinski definition) is 0. The van der Waals surface area contributed by atoms with Crippen molar-refractivity contribution in [2.45, 2.75) is 57.9 Å². The van der Waals surface area contributed by atoms with E-state index in [0.717, 1.165) is 62.7 Å². The van der Waals surface area contributed by atoms with E-state index in [9.17, 15) is 4.79 Å². The second kappa shape index (κ2) is 8.11. The van der Waals surface area contributed by atoms with E-state index >= 15 is 0 Å². The third-order valence-corrected chi connectivity index (χ3v) is 5.71. The molecule has 2 aliphatic heterocycles. The number of hydrogen-bond acceptors (Lipinski definition) is 4. The van der Waals surface area contributed by atoms with Crippen molar-refractivity contribution < 1.29 is 9.53 Å². The van der Waals surface area contributed by atoms with Crippen LogP contribution in [0.4, 0.5) is 0 Å². The maximum absolute atomic E-state index is 12.6. The van der Waals surface area contributed by atoms with Gasteiger partial charge in [-0.3, -0.25) is 4.79 Å². The Labute approximate surface area is 160 Å². The Morgan fingerprint density at radius 3 is 2.67 bits per heavy atom. The first-order valence-electron chi connectivity index (χ1n) is 10.2. The molecule has 0 saturated carbocycles. The smallest absolute Gasteiger partial charge is 0.222 e. The molecule has 0 radical (unpaired) electrons. The number of ether oxygens (including phenoxy) is 1. The maximum atomic E-state index is 12.6. The van der Waals surface area contributed by atoms with E-state index in [1.165, 1.54) is 12.0 Å². The average molecular weight is 368 g/mol. The van der Waals surface area contributed by atoms with Gasteiger partial charge in [0.05, 0.1) is 6.61 Å². The van der Waals surface area contributed by atoms with Crippen molar-refractivity contribution in [2.24, 2.45) is 0 Å². The molecule has 0 bridgehead atoms. The number of rotatable bonds is 6. The minimum absolute atomic E-state index is 0.258. The lowest BCUT2D eigenvalue weighted by Crippen LogP contribution is -2.38. The third-order valence-electron chi connectivity index (χ3n) is 5.71. The summed E-state index contributed by atoms with van der Waals surface area (Å²) in [6.45, 7) is 5.36. The quantitative estimate of drug-likeness (QED) is 0.786. The van der Waals surface area contributed by atoms with Crippen molar-refractivity contribution in [3.8, 4) is 5.75 Å². The van der Waals surface area contributed by atoms with Gasteiger partial charge in [0.2, 0.25) is 5.91 Å². The summed E-state index contributed by atoms with van der Waals surface area (Å²) in [5.74, 6) is 3.87. The predicted octanol–water partition coefficient (Wildman–Crippen LogP) is 2.96. The summed E-state index contributed by atoms with van der Waals surface area (Å²) in [6.07, 6.45) is 5.57. The van der Waals surface area contributed by atoms with Gasteiger partial charge in [0.1, 0.15) is 17.4 Å². The van der Waals surface area contributed by atoms with Gasteiger partial charge in [0, 0.05) is 38.4 Å². The normalized spacial score (nSPS) is 17.1. The number of benzene rings is 1. The molecule has 1 amide bonds. The fourth-order valence-electron chi connectivity index (χ4n) is 4.19. The van der Waals surface area contributed by atoms with Crippen molar-refractivity contribution in [3.63, 3.8) is 0 Å². The molecule has 1 aromatic carbocycles. The molecule has 3 heterocycles. The van der Waals surface area contributed by atoms with Crippen molar-refractivity contribution >= 4 is 5.91 Å². The van der Waals surface area contributed by atoms with Crippen molar-refractivity contribution in [1.82, 2.24) is 19.7 Å². The molecule has 1 aromatic heterocycles. The van der Waals surface area contributed by atoms with Crippen LogP contribution in [0.3, 0.4) is 0 Å². The summed E-state index contributed by atoms with van der Waals surface area (Å²) in [4.78, 5) is 14.6. The second-order valence-electron chi connectivity index (χ2n) is 7.46. The summed E-state index contributed by atoms with van der Waals surface area (Å²) in [7, 11) is 0. The van der Waals surface area contributed by atoms with Crippen molar-refractivity contribution in [2.75, 3.05) is 19.7 Å². The molecule has 0 spiro atoms. The second-order valence-corrected chi connectivity index (χ2v) is 7.46. The Morgan fingerprint density at radius 1 is 1.15 bits per heavy atom. The zero-order valence-electron chi connectivity index (χ0n) is 16.1. The summed E-state index contributed by atoms with van der Waals surface area (Å²) >= 11 is 0. The average Bonchev–Trinajstić information content (AvgIpc) is 3.31. The number of fused-ring (bicyclic) bond motifs is 1. The molecular weight excluding hydrogens is 340 g/mol. The van der Waals surface area contributed by atoms with Crippen LogP contribution >= 0.6 is 0 Å². The van der Waals surface area contributed by atoms with E-state index in [1.807, 2.05) is 24.0 Å². The Bertz CT molecular complexity index is 776. The number of amides is 1. The number of carbonyl (C=O) groups excluding carboxylic acids is 1. The van der Waals surface area contributed by atoms with Crippen LogP contribution in [-0.4, -0.2) is 45.3 Å². The van der Waals surface area contributed by atoms with Crippen LogP contribution in [0.25, 0.3) is 0 Å². The van der Waals surface area contributed by atoms with Gasteiger partial charge in [-0.2, -0.15) is 0 Å². The van der Waals surface area contributed by atoms with Gasteiger partial charge in [-0.1, -0.05) is 12.1 Å². The van der Waals surface area contributed by atoms with Crippen LogP contribution in [0, 0.1) is 0 Å². The molecule has 2 aromatic rings. The van der Waals surface area contributed by atoms with Gasteiger partial charge in [-0.25, -0.2) is 0 Å². The van der Waals surface area contributed by atoms with Gasteiger partial charge >= 0.3 is 0 Å². The Hall–Kier alpha value is -2.37. The minimum Gasteiger partial charge on any atom is -0.494 e. The largest absolute Gasteiger partial charge is 0.494 e. The molecule has 0 N–H and O–H groups in total. The van der Waals surface area contributed by atoms with Gasteiger partial charge in [0.25, 0.3) is 0 Å². The molecule has 27 heavy (non-hydrogen) atoms. The van der Waals surface area contributed by atoms with Crippen molar-refractivity contribution in [3.05, 3.63) is 41.5 Å².